The quantitative estimate of drug-likeness (QED) is 0.802. The Balaban J connectivity index is 2.63. The topological polar surface area (TPSA) is 35.2 Å². The van der Waals surface area contributed by atoms with Crippen LogP contribution in [0.1, 0.15) is 12.5 Å². The highest BCUT2D eigenvalue weighted by molar-refractivity contribution is 5.30. The minimum absolute atomic E-state index is 0.245. The zero-order valence-electron chi connectivity index (χ0n) is 8.59. The first-order valence-electron chi connectivity index (χ1n) is 4.73. The van der Waals surface area contributed by atoms with Crippen molar-refractivity contribution in [2.75, 3.05) is 13.2 Å². The van der Waals surface area contributed by atoms with E-state index >= 15 is 0 Å². The zero-order chi connectivity index (χ0) is 10.6. The van der Waals surface area contributed by atoms with Crippen molar-refractivity contribution in [2.24, 2.45) is 11.7 Å². The van der Waals surface area contributed by atoms with E-state index in [4.69, 9.17) is 10.5 Å². The molecule has 0 spiro atoms. The first-order valence-corrected chi connectivity index (χ1v) is 4.73. The summed E-state index contributed by atoms with van der Waals surface area (Å²) in [5, 5.41) is 0. The molecule has 0 radical (unpaired) electrons. The summed E-state index contributed by atoms with van der Waals surface area (Å²) in [6, 6.07) is 5.13. The van der Waals surface area contributed by atoms with Gasteiger partial charge in [-0.1, -0.05) is 19.1 Å². The first kappa shape index (κ1) is 11.0. The van der Waals surface area contributed by atoms with Gasteiger partial charge in [0.25, 0.3) is 0 Å². The van der Waals surface area contributed by atoms with E-state index < -0.39 is 0 Å². The van der Waals surface area contributed by atoms with Crippen LogP contribution in [0, 0.1) is 18.7 Å². The van der Waals surface area contributed by atoms with Crippen LogP contribution < -0.4 is 10.5 Å². The Morgan fingerprint density at radius 3 is 2.86 bits per heavy atom. The lowest BCUT2D eigenvalue weighted by Crippen LogP contribution is -2.18. The van der Waals surface area contributed by atoms with Gasteiger partial charge in [-0.3, -0.25) is 0 Å². The number of rotatable bonds is 4. The Labute approximate surface area is 83.9 Å². The van der Waals surface area contributed by atoms with Crippen molar-refractivity contribution in [3.63, 3.8) is 0 Å². The fourth-order valence-electron chi connectivity index (χ4n) is 1.03. The van der Waals surface area contributed by atoms with E-state index in [1.54, 1.807) is 25.1 Å². The average molecular weight is 197 g/mol. The highest BCUT2D eigenvalue weighted by Gasteiger charge is 2.07. The number of hydrogen-bond donors (Lipinski definition) is 1. The minimum Gasteiger partial charge on any atom is -0.490 e. The van der Waals surface area contributed by atoms with E-state index in [2.05, 4.69) is 0 Å². The number of halogens is 1. The molecule has 2 N–H and O–H groups in total. The summed E-state index contributed by atoms with van der Waals surface area (Å²) in [6.07, 6.45) is 0. The summed E-state index contributed by atoms with van der Waals surface area (Å²) in [5.41, 5.74) is 6.03. The Kier molecular flexibility index (Phi) is 3.89. The van der Waals surface area contributed by atoms with Gasteiger partial charge in [-0.05, 0) is 25.1 Å². The molecule has 0 amide bonds. The van der Waals surface area contributed by atoms with Gasteiger partial charge >= 0.3 is 0 Å². The van der Waals surface area contributed by atoms with Crippen molar-refractivity contribution < 1.29 is 9.13 Å². The van der Waals surface area contributed by atoms with E-state index in [0.29, 0.717) is 24.5 Å². The van der Waals surface area contributed by atoms with Crippen LogP contribution in [0.15, 0.2) is 18.2 Å². The maximum Gasteiger partial charge on any atom is 0.167 e. The van der Waals surface area contributed by atoms with Gasteiger partial charge in [0.15, 0.2) is 11.6 Å². The van der Waals surface area contributed by atoms with Crippen molar-refractivity contribution in [2.45, 2.75) is 13.8 Å². The maximum atomic E-state index is 13.4. The lowest BCUT2D eigenvalue weighted by molar-refractivity contribution is 0.252. The number of nitrogens with two attached hydrogens (primary N) is 1. The zero-order valence-corrected chi connectivity index (χ0v) is 8.59. The Bertz CT molecular complexity index is 301. The first-order chi connectivity index (χ1) is 6.65. The average Bonchev–Trinajstić information content (AvgIpc) is 2.20. The summed E-state index contributed by atoms with van der Waals surface area (Å²) in [6.45, 7) is 4.69. The highest BCUT2D eigenvalue weighted by atomic mass is 19.1. The summed E-state index contributed by atoms with van der Waals surface area (Å²) < 4.78 is 18.7. The van der Waals surface area contributed by atoms with Gasteiger partial charge in [0.2, 0.25) is 0 Å². The predicted molar refractivity (Wildman–Crippen MR) is 54.9 cm³/mol. The molecule has 78 valence electrons. The summed E-state index contributed by atoms with van der Waals surface area (Å²) in [4.78, 5) is 0. The van der Waals surface area contributed by atoms with Crippen LogP contribution in [0.3, 0.4) is 0 Å². The van der Waals surface area contributed by atoms with Crippen LogP contribution in [0.25, 0.3) is 0 Å². The molecule has 0 aliphatic rings. The molecular weight excluding hydrogens is 181 g/mol. The van der Waals surface area contributed by atoms with Gasteiger partial charge in [0.05, 0.1) is 6.61 Å². The van der Waals surface area contributed by atoms with Gasteiger partial charge in [0.1, 0.15) is 0 Å². The maximum absolute atomic E-state index is 13.4. The second-order valence-electron chi connectivity index (χ2n) is 3.54. The third-order valence-corrected chi connectivity index (χ3v) is 2.08. The van der Waals surface area contributed by atoms with Gasteiger partial charge in [-0.25, -0.2) is 4.39 Å². The summed E-state index contributed by atoms with van der Waals surface area (Å²) in [7, 11) is 0. The molecule has 2 nitrogen and oxygen atoms in total. The monoisotopic (exact) mass is 197 g/mol. The van der Waals surface area contributed by atoms with E-state index in [9.17, 15) is 4.39 Å². The summed E-state index contributed by atoms with van der Waals surface area (Å²) >= 11 is 0. The molecule has 0 heterocycles. The number of ether oxygens (including phenoxy) is 1. The fraction of sp³-hybridized carbons (Fsp3) is 0.455. The Hall–Kier alpha value is -1.09. The highest BCUT2D eigenvalue weighted by Crippen LogP contribution is 2.19. The molecular formula is C11H16FNO. The second-order valence-corrected chi connectivity index (χ2v) is 3.54. The SMILES string of the molecule is Cc1cccc(OCC(C)CN)c1F. The van der Waals surface area contributed by atoms with E-state index in [1.807, 2.05) is 6.92 Å². The van der Waals surface area contributed by atoms with Crippen molar-refractivity contribution in [3.8, 4) is 5.75 Å². The third-order valence-electron chi connectivity index (χ3n) is 2.08. The summed E-state index contributed by atoms with van der Waals surface area (Å²) in [5.74, 6) is 0.275. The van der Waals surface area contributed by atoms with Crippen molar-refractivity contribution in [1.82, 2.24) is 0 Å². The van der Waals surface area contributed by atoms with Gasteiger partial charge in [-0.15, -0.1) is 0 Å². The van der Waals surface area contributed by atoms with Crippen molar-refractivity contribution in [3.05, 3.63) is 29.6 Å². The number of hydrogen-bond acceptors (Lipinski definition) is 2. The van der Waals surface area contributed by atoms with Gasteiger partial charge in [0, 0.05) is 5.92 Å². The molecule has 3 heteroatoms. The largest absolute Gasteiger partial charge is 0.490 e. The normalized spacial score (nSPS) is 12.6. The van der Waals surface area contributed by atoms with Crippen LogP contribution >= 0.6 is 0 Å². The number of benzene rings is 1. The molecule has 0 aromatic heterocycles. The molecule has 0 fully saturated rings. The molecule has 0 bridgehead atoms. The van der Waals surface area contributed by atoms with Gasteiger partial charge < -0.3 is 10.5 Å². The van der Waals surface area contributed by atoms with Crippen LogP contribution in [-0.2, 0) is 0 Å². The fourth-order valence-corrected chi connectivity index (χ4v) is 1.03. The van der Waals surface area contributed by atoms with Gasteiger partial charge in [-0.2, -0.15) is 0 Å². The molecule has 0 saturated heterocycles. The lowest BCUT2D eigenvalue weighted by atomic mass is 10.2. The molecule has 1 aromatic rings. The Morgan fingerprint density at radius 2 is 2.21 bits per heavy atom. The van der Waals surface area contributed by atoms with E-state index in [1.165, 1.54) is 0 Å². The second kappa shape index (κ2) is 4.96. The van der Waals surface area contributed by atoms with E-state index in [-0.39, 0.29) is 11.7 Å². The molecule has 1 unspecified atom stereocenters. The molecule has 1 atom stereocenters. The van der Waals surface area contributed by atoms with Crippen molar-refractivity contribution in [1.29, 1.82) is 0 Å². The lowest BCUT2D eigenvalue weighted by Gasteiger charge is -2.12. The van der Waals surface area contributed by atoms with Crippen LogP contribution in [0.5, 0.6) is 5.75 Å². The Morgan fingerprint density at radius 1 is 1.50 bits per heavy atom. The molecule has 0 aliphatic heterocycles. The molecule has 1 rings (SSSR count). The standard InChI is InChI=1S/C11H16FNO/c1-8(6-13)7-14-10-5-3-4-9(2)11(10)12/h3-5,8H,6-7,13H2,1-2H3. The van der Waals surface area contributed by atoms with E-state index in [0.717, 1.165) is 0 Å². The molecule has 14 heavy (non-hydrogen) atoms. The number of aryl methyl sites for hydroxylation is 1. The molecule has 0 aliphatic carbocycles. The minimum atomic E-state index is -0.281. The molecule has 0 saturated carbocycles. The van der Waals surface area contributed by atoms with Crippen molar-refractivity contribution >= 4 is 0 Å². The smallest absolute Gasteiger partial charge is 0.167 e. The van der Waals surface area contributed by atoms with Crippen LogP contribution in [0.4, 0.5) is 4.39 Å². The van der Waals surface area contributed by atoms with Crippen LogP contribution in [-0.4, -0.2) is 13.2 Å². The predicted octanol–water partition coefficient (Wildman–Crippen LogP) is 2.11. The molecule has 1 aromatic carbocycles. The van der Waals surface area contributed by atoms with Crippen LogP contribution in [0.2, 0.25) is 0 Å². The third kappa shape index (κ3) is 2.70.